The molecule has 0 atom stereocenters. The molecule has 1 N–H and O–H groups in total. The van der Waals surface area contributed by atoms with Crippen molar-refractivity contribution in [3.05, 3.63) is 97.1 Å². The predicted octanol–water partition coefficient (Wildman–Crippen LogP) is 5.01. The maximum Gasteiger partial charge on any atom is 0.137 e. The van der Waals surface area contributed by atoms with Gasteiger partial charge in [-0.05, 0) is 35.4 Å². The van der Waals surface area contributed by atoms with Crippen LogP contribution in [0.15, 0.2) is 91.5 Å². The van der Waals surface area contributed by atoms with Crippen LogP contribution >= 0.6 is 0 Å². The molecule has 0 aliphatic carbocycles. The lowest BCUT2D eigenvalue weighted by Crippen LogP contribution is -1.99. The van der Waals surface area contributed by atoms with Crippen molar-refractivity contribution in [3.8, 4) is 22.4 Å². The van der Waals surface area contributed by atoms with E-state index in [0.29, 0.717) is 0 Å². The van der Waals surface area contributed by atoms with Gasteiger partial charge in [-0.25, -0.2) is 4.98 Å². The summed E-state index contributed by atoms with van der Waals surface area (Å²) >= 11 is 0. The molecule has 0 fully saturated rings. The van der Waals surface area contributed by atoms with Crippen LogP contribution in [-0.4, -0.2) is 19.2 Å². The number of nitrogens with zero attached hydrogens (tertiary/aromatic N) is 4. The Bertz CT molecular complexity index is 1270. The largest absolute Gasteiger partial charge is 0.381 e. The number of pyridine rings is 1. The number of nitrogens with one attached hydrogen (secondary N) is 1. The second-order valence-electron chi connectivity index (χ2n) is 7.11. The van der Waals surface area contributed by atoms with E-state index < -0.39 is 0 Å². The minimum absolute atomic E-state index is 0.798. The second kappa shape index (κ2) is 7.28. The number of benzene rings is 2. The maximum absolute atomic E-state index is 4.63. The van der Waals surface area contributed by atoms with Crippen LogP contribution in [0.25, 0.3) is 28.0 Å². The van der Waals surface area contributed by atoms with E-state index >= 15 is 0 Å². The topological polar surface area (TPSA) is 47.1 Å². The van der Waals surface area contributed by atoms with Gasteiger partial charge in [0.1, 0.15) is 5.65 Å². The van der Waals surface area contributed by atoms with Crippen LogP contribution < -0.4 is 5.32 Å². The Morgan fingerprint density at radius 2 is 1.76 bits per heavy atom. The Morgan fingerprint density at radius 3 is 2.59 bits per heavy atom. The zero-order chi connectivity index (χ0) is 19.6. The molecular formula is C24H21N5. The van der Waals surface area contributed by atoms with Gasteiger partial charge in [-0.1, -0.05) is 42.5 Å². The zero-order valence-corrected chi connectivity index (χ0v) is 16.2. The highest BCUT2D eigenvalue weighted by Crippen LogP contribution is 2.26. The van der Waals surface area contributed by atoms with E-state index in [1.165, 1.54) is 5.56 Å². The Morgan fingerprint density at radius 1 is 0.862 bits per heavy atom. The maximum atomic E-state index is 4.63. The van der Waals surface area contributed by atoms with E-state index in [1.54, 1.807) is 0 Å². The van der Waals surface area contributed by atoms with Gasteiger partial charge in [-0.15, -0.1) is 0 Å². The Hall–Kier alpha value is -3.86. The third kappa shape index (κ3) is 3.50. The Kier molecular flexibility index (Phi) is 4.33. The van der Waals surface area contributed by atoms with E-state index in [-0.39, 0.29) is 0 Å². The molecule has 3 heterocycles. The van der Waals surface area contributed by atoms with Crippen LogP contribution in [-0.2, 0) is 13.6 Å². The van der Waals surface area contributed by atoms with E-state index in [4.69, 9.17) is 0 Å². The number of rotatable bonds is 5. The molecule has 0 unspecified atom stereocenters. The summed E-state index contributed by atoms with van der Waals surface area (Å²) < 4.78 is 3.93. The summed E-state index contributed by atoms with van der Waals surface area (Å²) in [5.74, 6) is 0. The van der Waals surface area contributed by atoms with Gasteiger partial charge in [0.25, 0.3) is 0 Å². The van der Waals surface area contributed by atoms with E-state index in [9.17, 15) is 0 Å². The van der Waals surface area contributed by atoms with Crippen molar-refractivity contribution in [2.75, 3.05) is 5.32 Å². The fourth-order valence-electron chi connectivity index (χ4n) is 3.53. The summed E-state index contributed by atoms with van der Waals surface area (Å²) in [4.78, 5) is 4.63. The average Bonchev–Trinajstić information content (AvgIpc) is 3.39. The van der Waals surface area contributed by atoms with Crippen LogP contribution in [0.3, 0.4) is 0 Å². The Balaban J connectivity index is 1.43. The van der Waals surface area contributed by atoms with Gasteiger partial charge in [-0.2, -0.15) is 5.10 Å². The molecule has 142 valence electrons. The van der Waals surface area contributed by atoms with Gasteiger partial charge in [0.2, 0.25) is 0 Å². The first-order valence-electron chi connectivity index (χ1n) is 9.61. The van der Waals surface area contributed by atoms with Crippen molar-refractivity contribution < 1.29 is 0 Å². The normalized spacial score (nSPS) is 11.1. The first-order valence-corrected chi connectivity index (χ1v) is 9.61. The SMILES string of the molecule is Cn1cc(-c2ccn3c(-c4cccc(NCc5ccccc5)c4)cnc3c2)cn1. The van der Waals surface area contributed by atoms with Gasteiger partial charge in [0.05, 0.1) is 18.1 Å². The van der Waals surface area contributed by atoms with Crippen LogP contribution in [0, 0.1) is 0 Å². The predicted molar refractivity (Wildman–Crippen MR) is 117 cm³/mol. The van der Waals surface area contributed by atoms with Gasteiger partial charge in [0.15, 0.2) is 0 Å². The third-order valence-corrected chi connectivity index (χ3v) is 5.05. The van der Waals surface area contributed by atoms with Crippen LogP contribution in [0.1, 0.15) is 5.56 Å². The molecule has 0 spiro atoms. The Labute approximate surface area is 169 Å². The number of hydrogen-bond acceptors (Lipinski definition) is 3. The highest BCUT2D eigenvalue weighted by Gasteiger charge is 2.09. The number of hydrogen-bond donors (Lipinski definition) is 1. The summed E-state index contributed by atoms with van der Waals surface area (Å²) in [7, 11) is 1.93. The van der Waals surface area contributed by atoms with Crippen LogP contribution in [0.5, 0.6) is 0 Å². The van der Waals surface area contributed by atoms with Crippen molar-refractivity contribution in [3.63, 3.8) is 0 Å². The molecule has 3 aromatic heterocycles. The van der Waals surface area contributed by atoms with Gasteiger partial charge >= 0.3 is 0 Å². The van der Waals surface area contributed by atoms with Crippen molar-refractivity contribution in [2.45, 2.75) is 6.54 Å². The molecule has 0 aliphatic rings. The molecule has 0 amide bonds. The van der Waals surface area contributed by atoms with E-state index in [1.807, 2.05) is 36.4 Å². The molecule has 0 aliphatic heterocycles. The molecule has 0 bridgehead atoms. The number of anilines is 1. The summed E-state index contributed by atoms with van der Waals surface area (Å²) in [6, 6.07) is 23.1. The minimum atomic E-state index is 0.798. The highest BCUT2D eigenvalue weighted by molar-refractivity contribution is 5.71. The first kappa shape index (κ1) is 17.3. The lowest BCUT2D eigenvalue weighted by atomic mass is 10.1. The second-order valence-corrected chi connectivity index (χ2v) is 7.11. The molecule has 5 heteroatoms. The van der Waals surface area contributed by atoms with Crippen molar-refractivity contribution >= 4 is 11.3 Å². The van der Waals surface area contributed by atoms with Crippen LogP contribution in [0.2, 0.25) is 0 Å². The molecule has 5 rings (SSSR count). The van der Waals surface area contributed by atoms with Crippen molar-refractivity contribution in [2.24, 2.45) is 7.05 Å². The van der Waals surface area contributed by atoms with E-state index in [0.717, 1.165) is 40.3 Å². The smallest absolute Gasteiger partial charge is 0.137 e. The van der Waals surface area contributed by atoms with E-state index in [2.05, 4.69) is 86.7 Å². The van der Waals surface area contributed by atoms with Crippen molar-refractivity contribution in [1.82, 2.24) is 19.2 Å². The molecular weight excluding hydrogens is 358 g/mol. The van der Waals surface area contributed by atoms with Gasteiger partial charge < -0.3 is 5.32 Å². The number of fused-ring (bicyclic) bond motifs is 1. The monoisotopic (exact) mass is 379 g/mol. The molecule has 5 aromatic rings. The lowest BCUT2D eigenvalue weighted by molar-refractivity contribution is 0.768. The average molecular weight is 379 g/mol. The third-order valence-electron chi connectivity index (χ3n) is 5.05. The lowest BCUT2D eigenvalue weighted by Gasteiger charge is -2.09. The summed E-state index contributed by atoms with van der Waals surface area (Å²) in [6.45, 7) is 0.798. The first-order chi connectivity index (χ1) is 14.3. The quantitative estimate of drug-likeness (QED) is 0.467. The molecule has 0 saturated heterocycles. The van der Waals surface area contributed by atoms with Crippen LogP contribution in [0.4, 0.5) is 5.69 Å². The number of imidazole rings is 1. The van der Waals surface area contributed by atoms with Gasteiger partial charge in [-0.3, -0.25) is 9.08 Å². The highest BCUT2D eigenvalue weighted by atomic mass is 15.2. The summed E-state index contributed by atoms with van der Waals surface area (Å²) in [5, 5.41) is 7.76. The number of aryl methyl sites for hydroxylation is 1. The zero-order valence-electron chi connectivity index (χ0n) is 16.2. The van der Waals surface area contributed by atoms with Gasteiger partial charge in [0, 0.05) is 42.8 Å². The molecule has 0 radical (unpaired) electrons. The molecule has 5 nitrogen and oxygen atoms in total. The van der Waals surface area contributed by atoms with Crippen molar-refractivity contribution in [1.29, 1.82) is 0 Å². The minimum Gasteiger partial charge on any atom is -0.381 e. The standard InChI is InChI=1S/C24H21N5/c1-28-17-21(15-27-28)19-10-11-29-23(16-26-24(29)13-19)20-8-5-9-22(12-20)25-14-18-6-3-2-4-7-18/h2-13,15-17,25H,14H2,1H3. The number of aromatic nitrogens is 4. The fourth-order valence-corrected chi connectivity index (χ4v) is 3.53. The molecule has 0 saturated carbocycles. The molecule has 2 aromatic carbocycles. The summed E-state index contributed by atoms with van der Waals surface area (Å²) in [5.41, 5.74) is 7.67. The molecule has 29 heavy (non-hydrogen) atoms. The fraction of sp³-hybridized carbons (Fsp3) is 0.0833. The summed E-state index contributed by atoms with van der Waals surface area (Å²) in [6.07, 6.45) is 7.89.